The van der Waals surface area contributed by atoms with Crippen molar-refractivity contribution < 1.29 is 38.1 Å². The van der Waals surface area contributed by atoms with Crippen LogP contribution >= 0.6 is 50.5 Å². The van der Waals surface area contributed by atoms with Gasteiger partial charge >= 0.3 is 23.9 Å². The highest BCUT2D eigenvalue weighted by molar-refractivity contribution is 7.80. The molecule has 8 nitrogen and oxygen atoms in total. The highest BCUT2D eigenvalue weighted by Gasteiger charge is 2.38. The zero-order valence-corrected chi connectivity index (χ0v) is 28.1. The summed E-state index contributed by atoms with van der Waals surface area (Å²) in [5.41, 5.74) is -1.22. The molecule has 240 valence electrons. The van der Waals surface area contributed by atoms with E-state index in [0.29, 0.717) is 25.7 Å². The molecule has 12 heteroatoms. The van der Waals surface area contributed by atoms with Crippen molar-refractivity contribution in [1.82, 2.24) is 0 Å². The van der Waals surface area contributed by atoms with Gasteiger partial charge in [-0.2, -0.15) is 50.5 Å². The van der Waals surface area contributed by atoms with Crippen LogP contribution in [0.25, 0.3) is 0 Å². The second kappa shape index (κ2) is 28.1. The Hall–Kier alpha value is -0.720. The smallest absolute Gasteiger partial charge is 0.305 e. The van der Waals surface area contributed by atoms with E-state index in [1.807, 2.05) is 0 Å². The molecule has 41 heavy (non-hydrogen) atoms. The Morgan fingerprint density at radius 3 is 0.780 bits per heavy atom. The van der Waals surface area contributed by atoms with Crippen LogP contribution in [0.3, 0.4) is 0 Å². The van der Waals surface area contributed by atoms with Crippen LogP contribution in [-0.4, -0.2) is 73.3 Å². The van der Waals surface area contributed by atoms with Crippen LogP contribution in [0.5, 0.6) is 0 Å². The van der Waals surface area contributed by atoms with Gasteiger partial charge in [0.15, 0.2) is 0 Å². The van der Waals surface area contributed by atoms with Gasteiger partial charge in [-0.1, -0.05) is 25.7 Å². The molecule has 0 aliphatic rings. The van der Waals surface area contributed by atoms with E-state index in [-0.39, 0.29) is 52.1 Å². The van der Waals surface area contributed by atoms with E-state index in [1.165, 1.54) is 0 Å². The number of unbranched alkanes of at least 4 members (excludes halogenated alkanes) is 8. The van der Waals surface area contributed by atoms with Crippen LogP contribution in [0.15, 0.2) is 0 Å². The van der Waals surface area contributed by atoms with E-state index in [2.05, 4.69) is 50.5 Å². The van der Waals surface area contributed by atoms with Gasteiger partial charge in [-0.25, -0.2) is 0 Å². The van der Waals surface area contributed by atoms with Crippen molar-refractivity contribution in [2.24, 2.45) is 5.41 Å². The van der Waals surface area contributed by atoms with E-state index >= 15 is 0 Å². The lowest BCUT2D eigenvalue weighted by molar-refractivity contribution is -0.170. The molecule has 0 aliphatic carbocycles. The minimum atomic E-state index is -1.22. The summed E-state index contributed by atoms with van der Waals surface area (Å²) in [6, 6.07) is 0. The number of ether oxygens (including phenoxy) is 4. The molecule has 0 fully saturated rings. The van der Waals surface area contributed by atoms with E-state index in [0.717, 1.165) is 74.4 Å². The third-order valence-corrected chi connectivity index (χ3v) is 7.58. The highest BCUT2D eigenvalue weighted by Crippen LogP contribution is 2.23. The van der Waals surface area contributed by atoms with Gasteiger partial charge in [-0.05, 0) is 74.4 Å². The molecule has 0 aliphatic heterocycles. The molecule has 0 heterocycles. The first-order valence-electron chi connectivity index (χ1n) is 14.9. The second-order valence-electron chi connectivity index (χ2n) is 10.3. The fourth-order valence-corrected chi connectivity index (χ4v) is 4.60. The molecule has 0 saturated carbocycles. The number of carbonyl (C=O) groups excluding carboxylic acids is 4. The number of esters is 4. The summed E-state index contributed by atoms with van der Waals surface area (Å²) in [4.78, 5) is 50.0. The largest absolute Gasteiger partial charge is 0.465 e. The third-order valence-electron chi connectivity index (χ3n) is 6.31. The molecular formula is C29H52O8S4. The zero-order chi connectivity index (χ0) is 30.6. The van der Waals surface area contributed by atoms with Gasteiger partial charge in [0.05, 0.1) is 0 Å². The molecule has 0 N–H and O–H groups in total. The normalized spacial score (nSPS) is 11.2. The average Bonchev–Trinajstić information content (AvgIpc) is 2.97. The third kappa shape index (κ3) is 24.4. The lowest BCUT2D eigenvalue weighted by Gasteiger charge is -2.31. The zero-order valence-electron chi connectivity index (χ0n) is 24.5. The summed E-state index contributed by atoms with van der Waals surface area (Å²) in [7, 11) is 0. The number of rotatable bonds is 28. The van der Waals surface area contributed by atoms with E-state index in [1.54, 1.807) is 0 Å². The summed E-state index contributed by atoms with van der Waals surface area (Å²) in [5.74, 6) is 1.34. The predicted octanol–water partition coefficient (Wildman–Crippen LogP) is 6.11. The summed E-state index contributed by atoms with van der Waals surface area (Å²) >= 11 is 16.8. The van der Waals surface area contributed by atoms with Crippen molar-refractivity contribution in [2.75, 3.05) is 49.4 Å². The maximum absolute atomic E-state index is 12.5. The summed E-state index contributed by atoms with van der Waals surface area (Å²) in [6.07, 6.45) is 10.6. The molecule has 0 aromatic rings. The van der Waals surface area contributed by atoms with Gasteiger partial charge in [-0.15, -0.1) is 0 Å². The Labute approximate surface area is 269 Å². The van der Waals surface area contributed by atoms with Crippen molar-refractivity contribution in [2.45, 2.75) is 103 Å². The summed E-state index contributed by atoms with van der Waals surface area (Å²) in [5, 5.41) is 0. The first-order chi connectivity index (χ1) is 19.8. The van der Waals surface area contributed by atoms with Gasteiger partial charge in [0.25, 0.3) is 0 Å². The Bertz CT molecular complexity index is 591. The first kappa shape index (κ1) is 40.3. The topological polar surface area (TPSA) is 105 Å². The molecule has 0 aromatic heterocycles. The van der Waals surface area contributed by atoms with Crippen LogP contribution in [0.2, 0.25) is 0 Å². The minimum Gasteiger partial charge on any atom is -0.465 e. The molecule has 0 unspecified atom stereocenters. The lowest BCUT2D eigenvalue weighted by atomic mass is 9.92. The van der Waals surface area contributed by atoms with Crippen molar-refractivity contribution in [1.29, 1.82) is 0 Å². The van der Waals surface area contributed by atoms with E-state index in [4.69, 9.17) is 18.9 Å². The molecule has 0 aromatic carbocycles. The van der Waals surface area contributed by atoms with Gasteiger partial charge in [0.1, 0.15) is 31.8 Å². The Morgan fingerprint density at radius 2 is 0.585 bits per heavy atom. The molecule has 0 amide bonds. The quantitative estimate of drug-likeness (QED) is 0.0346. The molecule has 0 atom stereocenters. The highest BCUT2D eigenvalue weighted by atomic mass is 32.1. The number of hydrogen-bond acceptors (Lipinski definition) is 12. The fourth-order valence-electron chi connectivity index (χ4n) is 3.70. The second-order valence-corrected chi connectivity index (χ2v) is 12.1. The number of carbonyl (C=O) groups is 4. The van der Waals surface area contributed by atoms with Crippen LogP contribution in [0.4, 0.5) is 0 Å². The van der Waals surface area contributed by atoms with Crippen molar-refractivity contribution in [3.05, 3.63) is 0 Å². The minimum absolute atomic E-state index is 0.217. The molecule has 0 saturated heterocycles. The maximum Gasteiger partial charge on any atom is 0.305 e. The summed E-state index contributed by atoms with van der Waals surface area (Å²) < 4.78 is 22.3. The Balaban J connectivity index is 5.47. The lowest BCUT2D eigenvalue weighted by Crippen LogP contribution is -2.44. The maximum atomic E-state index is 12.5. The van der Waals surface area contributed by atoms with Crippen molar-refractivity contribution in [3.8, 4) is 0 Å². The Kier molecular flexibility index (Phi) is 27.6. The van der Waals surface area contributed by atoms with Gasteiger partial charge in [0, 0.05) is 25.7 Å². The molecular weight excluding hydrogens is 605 g/mol. The first-order valence-corrected chi connectivity index (χ1v) is 17.4. The van der Waals surface area contributed by atoms with Crippen LogP contribution in [0, 0.1) is 5.41 Å². The van der Waals surface area contributed by atoms with Crippen LogP contribution < -0.4 is 0 Å². The summed E-state index contributed by atoms with van der Waals surface area (Å²) in [6.45, 7) is -0.868. The monoisotopic (exact) mass is 656 g/mol. The standard InChI is InChI=1S/C29H52O8S4/c30-25(13-5-1-9-17-38)34-21-29(22-35-26(31)14-6-2-10-18-39,23-36-27(32)15-7-3-11-19-40)24-37-28(33)16-8-4-12-20-41/h38-41H,1-24H2. The van der Waals surface area contributed by atoms with Crippen LogP contribution in [0.1, 0.15) is 103 Å². The van der Waals surface area contributed by atoms with Crippen molar-refractivity contribution >= 4 is 74.4 Å². The Morgan fingerprint density at radius 1 is 0.366 bits per heavy atom. The average molecular weight is 657 g/mol. The predicted molar refractivity (Wildman–Crippen MR) is 176 cm³/mol. The van der Waals surface area contributed by atoms with Gasteiger partial charge in [0.2, 0.25) is 0 Å². The SMILES string of the molecule is O=C(CCCCCS)OCC(COC(=O)CCCCCS)(COC(=O)CCCCCS)COC(=O)CCCCCS. The van der Waals surface area contributed by atoms with Gasteiger partial charge in [-0.3, -0.25) is 19.2 Å². The molecule has 0 rings (SSSR count). The van der Waals surface area contributed by atoms with Crippen molar-refractivity contribution in [3.63, 3.8) is 0 Å². The molecule has 0 radical (unpaired) electrons. The molecule has 0 spiro atoms. The fraction of sp³-hybridized carbons (Fsp3) is 0.862. The molecule has 0 bridgehead atoms. The van der Waals surface area contributed by atoms with Crippen LogP contribution in [-0.2, 0) is 38.1 Å². The number of hydrogen-bond donors (Lipinski definition) is 4. The van der Waals surface area contributed by atoms with E-state index < -0.39 is 29.3 Å². The van der Waals surface area contributed by atoms with E-state index in [9.17, 15) is 19.2 Å². The van der Waals surface area contributed by atoms with Gasteiger partial charge < -0.3 is 18.9 Å². The number of thiol groups is 4.